The molecule has 5 nitrogen and oxygen atoms in total. The second kappa shape index (κ2) is 19.2. The molecule has 0 aromatic carbocycles. The van der Waals surface area contributed by atoms with Gasteiger partial charge in [-0.1, -0.05) is 26.8 Å². The summed E-state index contributed by atoms with van der Waals surface area (Å²) in [6, 6.07) is 19.7. The zero-order valence-corrected chi connectivity index (χ0v) is 31.6. The number of nitrogens with zero attached hydrogens (tertiary/aromatic N) is 5. The minimum Gasteiger partial charge on any atom is -0.377 e. The maximum absolute atomic E-state index is 12.8. The average molecular weight is 652 g/mol. The molecular formula is C40H63F2N5+4. The maximum atomic E-state index is 12.8. The lowest BCUT2D eigenvalue weighted by Gasteiger charge is -2.17. The summed E-state index contributed by atoms with van der Waals surface area (Å²) in [5, 5.41) is 0. The first-order valence-corrected chi connectivity index (χ1v) is 16.8. The van der Waals surface area contributed by atoms with Crippen LogP contribution < -0.4 is 23.2 Å². The van der Waals surface area contributed by atoms with Crippen LogP contribution in [0.5, 0.6) is 0 Å². The van der Waals surface area contributed by atoms with Crippen LogP contribution in [0.3, 0.4) is 0 Å². The largest absolute Gasteiger partial charge is 0.377 e. The van der Waals surface area contributed by atoms with Gasteiger partial charge in [-0.25, -0.2) is 27.0 Å². The summed E-state index contributed by atoms with van der Waals surface area (Å²) in [5.41, 5.74) is 2.96. The van der Waals surface area contributed by atoms with Gasteiger partial charge in [0.2, 0.25) is 0 Å². The van der Waals surface area contributed by atoms with Crippen molar-refractivity contribution in [2.24, 2.45) is 0 Å². The topological polar surface area (TPSA) is 18.8 Å². The summed E-state index contributed by atoms with van der Waals surface area (Å²) in [6.07, 6.45) is 16.0. The molecule has 4 aromatic rings. The van der Waals surface area contributed by atoms with Crippen molar-refractivity contribution in [2.75, 3.05) is 19.0 Å². The molecule has 7 heteroatoms. The van der Waals surface area contributed by atoms with Crippen LogP contribution in [0.15, 0.2) is 104 Å². The fraction of sp³-hybridized carbons (Fsp3) is 0.500. The molecule has 4 rings (SSSR count). The highest BCUT2D eigenvalue weighted by molar-refractivity contribution is 5.41. The Bertz CT molecular complexity index is 1300. The standard InChI is InChI=1S/C12H20N.C10H14F2N.C10H17N2.C8H12N/c1-10(2)13-8-6-11(7-9-13)12(3,4)5;1-8(2)13-6-4-9(5-7-13)10(3,11)12;1-9(2)12-7-5-10(6-8-12)11(3)4;1-8(2)9-6-4-3-5-7-9/h6-10H,1-5H3;4-8H,1-3H3;5-9H,1-4H3;3-8H,1-2H3/q4*+1. The van der Waals surface area contributed by atoms with Gasteiger partial charge in [-0.2, -0.15) is 0 Å². The normalized spacial score (nSPS) is 11.3. The molecule has 0 radical (unpaired) electrons. The second-order valence-electron chi connectivity index (χ2n) is 14.3. The van der Waals surface area contributed by atoms with Gasteiger partial charge in [-0.05, 0) is 66.4 Å². The molecule has 0 aliphatic heterocycles. The molecule has 0 N–H and O–H groups in total. The van der Waals surface area contributed by atoms with Crippen LogP contribution in [0.1, 0.15) is 118 Å². The third-order valence-corrected chi connectivity index (χ3v) is 7.55. The Morgan fingerprint density at radius 2 is 0.766 bits per heavy atom. The van der Waals surface area contributed by atoms with Gasteiger partial charge in [0.25, 0.3) is 5.92 Å². The van der Waals surface area contributed by atoms with Crippen LogP contribution in [0, 0.1) is 0 Å². The first-order chi connectivity index (χ1) is 21.7. The number of aromatic nitrogens is 4. The Morgan fingerprint density at radius 1 is 0.468 bits per heavy atom. The molecule has 0 aliphatic carbocycles. The summed E-state index contributed by atoms with van der Waals surface area (Å²) in [7, 11) is 4.10. The molecule has 0 saturated heterocycles. The van der Waals surface area contributed by atoms with Crippen LogP contribution >= 0.6 is 0 Å². The van der Waals surface area contributed by atoms with Crippen molar-refractivity contribution >= 4 is 5.69 Å². The zero-order chi connectivity index (χ0) is 35.9. The first kappa shape index (κ1) is 41.3. The molecule has 0 amide bonds. The van der Waals surface area contributed by atoms with E-state index in [1.54, 1.807) is 12.4 Å². The number of anilines is 1. The van der Waals surface area contributed by atoms with E-state index in [4.69, 9.17) is 0 Å². The highest BCUT2D eigenvalue weighted by Gasteiger charge is 2.25. The SMILES string of the molecule is CC(C)[n+]1ccc(C(C)(C)C)cc1.CC(C)[n+]1ccc(C(C)(F)F)cc1.CC(C)[n+]1ccc(N(C)C)cc1.CC(C)[n+]1ccccc1. The lowest BCUT2D eigenvalue weighted by Crippen LogP contribution is -2.35. The highest BCUT2D eigenvalue weighted by atomic mass is 19.3. The van der Waals surface area contributed by atoms with E-state index >= 15 is 0 Å². The molecule has 4 aromatic heterocycles. The average Bonchev–Trinajstić information content (AvgIpc) is 3.01. The number of halogens is 2. The van der Waals surface area contributed by atoms with E-state index in [0.29, 0.717) is 24.2 Å². The van der Waals surface area contributed by atoms with Gasteiger partial charge in [-0.3, -0.25) is 0 Å². The predicted molar refractivity (Wildman–Crippen MR) is 191 cm³/mol. The van der Waals surface area contributed by atoms with Crippen LogP contribution in [-0.4, -0.2) is 14.1 Å². The number of alkyl halides is 2. The fourth-order valence-electron chi connectivity index (χ4n) is 4.19. The number of pyridine rings is 4. The Labute approximate surface area is 285 Å². The van der Waals surface area contributed by atoms with E-state index in [1.807, 2.05) is 36.6 Å². The minimum absolute atomic E-state index is 0.0596. The van der Waals surface area contributed by atoms with Crippen LogP contribution in [0.2, 0.25) is 0 Å². The molecule has 0 saturated carbocycles. The number of hydrogen-bond donors (Lipinski definition) is 0. The van der Waals surface area contributed by atoms with Gasteiger partial charge in [-0.15, -0.1) is 0 Å². The Kier molecular flexibility index (Phi) is 16.8. The smallest absolute Gasteiger partial charge is 0.270 e. The lowest BCUT2D eigenvalue weighted by molar-refractivity contribution is -0.716. The third-order valence-electron chi connectivity index (χ3n) is 7.55. The van der Waals surface area contributed by atoms with Crippen LogP contribution in [-0.2, 0) is 11.3 Å². The summed E-state index contributed by atoms with van der Waals surface area (Å²) in [5.74, 6) is -2.74. The van der Waals surface area contributed by atoms with Gasteiger partial charge in [0.15, 0.2) is 73.7 Å². The quantitative estimate of drug-likeness (QED) is 0.191. The molecule has 0 aliphatic rings. The highest BCUT2D eigenvalue weighted by Crippen LogP contribution is 2.25. The molecule has 0 bridgehead atoms. The number of rotatable bonds is 6. The van der Waals surface area contributed by atoms with Crippen LogP contribution in [0.4, 0.5) is 14.5 Å². The van der Waals surface area contributed by atoms with Crippen LogP contribution in [0.25, 0.3) is 0 Å². The molecule has 0 fully saturated rings. The summed E-state index contributed by atoms with van der Waals surface area (Å²) in [6.45, 7) is 24.7. The molecule has 0 unspecified atom stereocenters. The van der Waals surface area contributed by atoms with Gasteiger partial charge >= 0.3 is 0 Å². The van der Waals surface area contributed by atoms with Crippen molar-refractivity contribution in [3.05, 3.63) is 115 Å². The van der Waals surface area contributed by atoms with E-state index in [-0.39, 0.29) is 11.0 Å². The zero-order valence-electron chi connectivity index (χ0n) is 31.6. The monoisotopic (exact) mass is 652 g/mol. The fourth-order valence-corrected chi connectivity index (χ4v) is 4.19. The molecule has 4 heterocycles. The van der Waals surface area contributed by atoms with Crippen molar-refractivity contribution in [3.8, 4) is 0 Å². The van der Waals surface area contributed by atoms with Crippen molar-refractivity contribution in [3.63, 3.8) is 0 Å². The Balaban J connectivity index is 0.000000316. The summed E-state index contributed by atoms with van der Waals surface area (Å²) >= 11 is 0. The van der Waals surface area contributed by atoms with E-state index in [1.165, 1.54) is 23.4 Å². The van der Waals surface area contributed by atoms with E-state index in [9.17, 15) is 8.78 Å². The second-order valence-corrected chi connectivity index (χ2v) is 14.3. The van der Waals surface area contributed by atoms with Gasteiger partial charge in [0.1, 0.15) is 0 Å². The van der Waals surface area contributed by atoms with E-state index in [2.05, 4.69) is 156 Å². The van der Waals surface area contributed by atoms with Crippen molar-refractivity contribution < 1.29 is 27.0 Å². The molecule has 258 valence electrons. The molecular weight excluding hydrogens is 588 g/mol. The van der Waals surface area contributed by atoms with Crippen molar-refractivity contribution in [1.29, 1.82) is 0 Å². The number of hydrogen-bond acceptors (Lipinski definition) is 1. The van der Waals surface area contributed by atoms with E-state index < -0.39 is 5.92 Å². The Hall–Kier alpha value is -3.74. The van der Waals surface area contributed by atoms with Crippen molar-refractivity contribution in [1.82, 2.24) is 0 Å². The van der Waals surface area contributed by atoms with E-state index in [0.717, 1.165) is 6.92 Å². The van der Waals surface area contributed by atoms with Gasteiger partial charge < -0.3 is 4.90 Å². The first-order valence-electron chi connectivity index (χ1n) is 16.8. The predicted octanol–water partition coefficient (Wildman–Crippen LogP) is 8.70. The Morgan fingerprint density at radius 3 is 1.02 bits per heavy atom. The minimum atomic E-state index is -2.74. The lowest BCUT2D eigenvalue weighted by atomic mass is 9.88. The molecule has 0 spiro atoms. The summed E-state index contributed by atoms with van der Waals surface area (Å²) in [4.78, 5) is 2.10. The van der Waals surface area contributed by atoms with Gasteiger partial charge in [0, 0.05) is 80.8 Å². The summed E-state index contributed by atoms with van der Waals surface area (Å²) < 4.78 is 34.0. The van der Waals surface area contributed by atoms with Gasteiger partial charge in [0.05, 0.1) is 0 Å². The molecule has 0 atom stereocenters. The maximum Gasteiger partial charge on any atom is 0.270 e. The van der Waals surface area contributed by atoms with Crippen molar-refractivity contribution in [2.45, 2.75) is 119 Å². The third kappa shape index (κ3) is 15.6. The molecule has 47 heavy (non-hydrogen) atoms.